The van der Waals surface area contributed by atoms with Crippen molar-refractivity contribution in [3.63, 3.8) is 0 Å². The van der Waals surface area contributed by atoms with Gasteiger partial charge in [-0.25, -0.2) is 0 Å². The zero-order valence-electron chi connectivity index (χ0n) is 6.70. The zero-order chi connectivity index (χ0) is 8.55. The molecule has 0 bridgehead atoms. The van der Waals surface area contributed by atoms with E-state index < -0.39 is 0 Å². The Bertz CT molecular complexity index is 282. The van der Waals surface area contributed by atoms with E-state index in [2.05, 4.69) is 33.0 Å². The largest absolute Gasteiger partial charge is 0.367 e. The molecule has 0 aliphatic carbocycles. The van der Waals surface area contributed by atoms with Crippen LogP contribution in [0.2, 0.25) is 0 Å². The van der Waals surface area contributed by atoms with Crippen molar-refractivity contribution < 1.29 is 0 Å². The molecule has 1 saturated heterocycles. The first-order valence-corrected chi connectivity index (χ1v) is 4.82. The Hall–Kier alpha value is -0.540. The Morgan fingerprint density at radius 2 is 2.00 bits per heavy atom. The van der Waals surface area contributed by atoms with Gasteiger partial charge in [-0.15, -0.1) is 0 Å². The molecule has 1 aliphatic rings. The third-order valence-electron chi connectivity index (χ3n) is 2.10. The molecule has 1 heterocycles. The Morgan fingerprint density at radius 3 is 2.58 bits per heavy atom. The Labute approximate surface area is 80.5 Å². The maximum Gasteiger partial charge on any atom is 0.0511 e. The first-order valence-electron chi connectivity index (χ1n) is 4.02. The average Bonchev–Trinajstić information content (AvgIpc) is 2.01. The van der Waals surface area contributed by atoms with E-state index in [9.17, 15) is 0 Å². The third-order valence-corrected chi connectivity index (χ3v) is 2.77. The number of nitrogens with zero attached hydrogens (tertiary/aromatic N) is 1. The molecule has 64 valence electrons. The molecule has 1 aromatic carbocycles. The lowest BCUT2D eigenvalue weighted by Crippen LogP contribution is -2.55. The molecule has 0 unspecified atom stereocenters. The van der Waals surface area contributed by atoms with Crippen LogP contribution >= 0.6 is 15.9 Å². The molecule has 12 heavy (non-hydrogen) atoms. The highest BCUT2D eigenvalue weighted by Crippen LogP contribution is 2.28. The smallest absolute Gasteiger partial charge is 0.0511 e. The molecule has 0 saturated carbocycles. The van der Waals surface area contributed by atoms with Gasteiger partial charge in [0.1, 0.15) is 0 Å². The van der Waals surface area contributed by atoms with E-state index >= 15 is 0 Å². The lowest BCUT2D eigenvalue weighted by Gasteiger charge is -2.39. The summed E-state index contributed by atoms with van der Waals surface area (Å²) in [6.45, 7) is 1.95. The summed E-state index contributed by atoms with van der Waals surface area (Å²) in [5.41, 5.74) is 6.95. The molecule has 0 atom stereocenters. The number of benzene rings is 1. The van der Waals surface area contributed by atoms with Crippen LogP contribution in [0.15, 0.2) is 28.7 Å². The SMILES string of the molecule is NC1CN(c2ccccc2Br)C1. The van der Waals surface area contributed by atoms with E-state index in [0.717, 1.165) is 17.6 Å². The van der Waals surface area contributed by atoms with Gasteiger partial charge in [0.25, 0.3) is 0 Å². The van der Waals surface area contributed by atoms with Gasteiger partial charge in [-0.05, 0) is 28.1 Å². The molecule has 0 spiro atoms. The van der Waals surface area contributed by atoms with Gasteiger partial charge < -0.3 is 10.6 Å². The summed E-state index contributed by atoms with van der Waals surface area (Å²) in [5.74, 6) is 0. The molecule has 0 amide bonds. The van der Waals surface area contributed by atoms with E-state index in [1.807, 2.05) is 12.1 Å². The summed E-state index contributed by atoms with van der Waals surface area (Å²) in [6, 6.07) is 8.59. The summed E-state index contributed by atoms with van der Waals surface area (Å²) in [4.78, 5) is 2.27. The monoisotopic (exact) mass is 226 g/mol. The molecule has 0 aromatic heterocycles. The number of anilines is 1. The highest BCUT2D eigenvalue weighted by Gasteiger charge is 2.23. The van der Waals surface area contributed by atoms with Crippen molar-refractivity contribution in [1.29, 1.82) is 0 Å². The van der Waals surface area contributed by atoms with E-state index in [-0.39, 0.29) is 0 Å². The van der Waals surface area contributed by atoms with E-state index in [1.54, 1.807) is 0 Å². The molecule has 1 aliphatic heterocycles. The quantitative estimate of drug-likeness (QED) is 0.789. The van der Waals surface area contributed by atoms with E-state index in [1.165, 1.54) is 5.69 Å². The number of rotatable bonds is 1. The summed E-state index contributed by atoms with van der Waals surface area (Å²) >= 11 is 3.51. The van der Waals surface area contributed by atoms with Gasteiger partial charge in [0.05, 0.1) is 5.69 Å². The van der Waals surface area contributed by atoms with Crippen molar-refractivity contribution in [3.8, 4) is 0 Å². The molecule has 2 N–H and O–H groups in total. The Balaban J connectivity index is 2.18. The number of hydrogen-bond acceptors (Lipinski definition) is 2. The van der Waals surface area contributed by atoms with E-state index in [0.29, 0.717) is 6.04 Å². The molecular formula is C9H11BrN2. The maximum atomic E-state index is 5.70. The first-order chi connectivity index (χ1) is 5.77. The fourth-order valence-electron chi connectivity index (χ4n) is 1.42. The lowest BCUT2D eigenvalue weighted by atomic mass is 10.1. The Morgan fingerprint density at radius 1 is 1.33 bits per heavy atom. The predicted octanol–water partition coefficient (Wildman–Crippen LogP) is 1.60. The fourth-order valence-corrected chi connectivity index (χ4v) is 1.95. The summed E-state index contributed by atoms with van der Waals surface area (Å²) in [6.07, 6.45) is 0. The number of nitrogens with two attached hydrogens (primary N) is 1. The van der Waals surface area contributed by atoms with Crippen molar-refractivity contribution in [2.45, 2.75) is 6.04 Å². The minimum Gasteiger partial charge on any atom is -0.367 e. The molecule has 1 aromatic rings. The fraction of sp³-hybridized carbons (Fsp3) is 0.333. The molecule has 0 radical (unpaired) electrons. The van der Waals surface area contributed by atoms with Crippen molar-refractivity contribution in [1.82, 2.24) is 0 Å². The van der Waals surface area contributed by atoms with Crippen LogP contribution in [0, 0.1) is 0 Å². The second-order valence-electron chi connectivity index (χ2n) is 3.12. The van der Waals surface area contributed by atoms with E-state index in [4.69, 9.17) is 5.73 Å². The standard InChI is InChI=1S/C9H11BrN2/c10-8-3-1-2-4-9(8)12-5-7(11)6-12/h1-4,7H,5-6,11H2. The van der Waals surface area contributed by atoms with Crippen LogP contribution in [-0.2, 0) is 0 Å². The topological polar surface area (TPSA) is 29.3 Å². The maximum absolute atomic E-state index is 5.70. The number of halogens is 1. The van der Waals surface area contributed by atoms with Crippen LogP contribution in [0.25, 0.3) is 0 Å². The van der Waals surface area contributed by atoms with Crippen LogP contribution in [0.1, 0.15) is 0 Å². The predicted molar refractivity (Wildman–Crippen MR) is 54.3 cm³/mol. The highest BCUT2D eigenvalue weighted by atomic mass is 79.9. The molecular weight excluding hydrogens is 216 g/mol. The van der Waals surface area contributed by atoms with Gasteiger partial charge in [-0.3, -0.25) is 0 Å². The van der Waals surface area contributed by atoms with Crippen LogP contribution < -0.4 is 10.6 Å². The zero-order valence-corrected chi connectivity index (χ0v) is 8.29. The average molecular weight is 227 g/mol. The van der Waals surface area contributed by atoms with Gasteiger partial charge in [0.2, 0.25) is 0 Å². The second kappa shape index (κ2) is 3.07. The summed E-state index contributed by atoms with van der Waals surface area (Å²) in [7, 11) is 0. The molecule has 1 fully saturated rings. The summed E-state index contributed by atoms with van der Waals surface area (Å²) < 4.78 is 1.15. The summed E-state index contributed by atoms with van der Waals surface area (Å²) in [5, 5.41) is 0. The van der Waals surface area contributed by atoms with Gasteiger partial charge >= 0.3 is 0 Å². The third kappa shape index (κ3) is 1.34. The molecule has 3 heteroatoms. The van der Waals surface area contributed by atoms with Crippen molar-refractivity contribution in [3.05, 3.63) is 28.7 Å². The van der Waals surface area contributed by atoms with Gasteiger partial charge in [-0.2, -0.15) is 0 Å². The minimum atomic E-state index is 0.358. The number of hydrogen-bond donors (Lipinski definition) is 1. The van der Waals surface area contributed by atoms with Crippen LogP contribution in [0.4, 0.5) is 5.69 Å². The van der Waals surface area contributed by atoms with Gasteiger partial charge in [0.15, 0.2) is 0 Å². The first kappa shape index (κ1) is 8.08. The van der Waals surface area contributed by atoms with Crippen LogP contribution in [-0.4, -0.2) is 19.1 Å². The minimum absolute atomic E-state index is 0.358. The van der Waals surface area contributed by atoms with Crippen LogP contribution in [0.3, 0.4) is 0 Å². The normalized spacial score (nSPS) is 17.7. The molecule has 2 nitrogen and oxygen atoms in total. The molecule has 2 rings (SSSR count). The lowest BCUT2D eigenvalue weighted by molar-refractivity contribution is 0.519. The van der Waals surface area contributed by atoms with Crippen molar-refractivity contribution in [2.75, 3.05) is 18.0 Å². The highest BCUT2D eigenvalue weighted by molar-refractivity contribution is 9.10. The second-order valence-corrected chi connectivity index (χ2v) is 3.97. The van der Waals surface area contributed by atoms with Crippen molar-refractivity contribution >= 4 is 21.6 Å². The van der Waals surface area contributed by atoms with Crippen molar-refractivity contribution in [2.24, 2.45) is 5.73 Å². The van der Waals surface area contributed by atoms with Crippen LogP contribution in [0.5, 0.6) is 0 Å². The van der Waals surface area contributed by atoms with Gasteiger partial charge in [-0.1, -0.05) is 12.1 Å². The number of para-hydroxylation sites is 1. The van der Waals surface area contributed by atoms with Gasteiger partial charge in [0, 0.05) is 23.6 Å². The Kier molecular flexibility index (Phi) is 2.07.